The topological polar surface area (TPSA) is 126 Å². The van der Waals surface area contributed by atoms with Crippen molar-refractivity contribution in [2.24, 2.45) is 11.3 Å². The van der Waals surface area contributed by atoms with Gasteiger partial charge in [-0.25, -0.2) is 0 Å². The van der Waals surface area contributed by atoms with Crippen molar-refractivity contribution in [3.8, 4) is 5.75 Å². The largest absolute Gasteiger partial charge is 0.494 e. The van der Waals surface area contributed by atoms with Gasteiger partial charge in [0.2, 0.25) is 5.79 Å². The highest BCUT2D eigenvalue weighted by atomic mass is 35.5. The fourth-order valence-electron chi connectivity index (χ4n) is 5.43. The lowest BCUT2D eigenvalue weighted by Gasteiger charge is -2.49. The van der Waals surface area contributed by atoms with E-state index in [2.05, 4.69) is 0 Å². The number of aliphatic carboxylic acids is 1. The molecule has 202 valence electrons. The average molecular weight is 535 g/mol. The molecule has 2 bridgehead atoms. The van der Waals surface area contributed by atoms with Crippen LogP contribution >= 0.6 is 11.6 Å². The summed E-state index contributed by atoms with van der Waals surface area (Å²) in [6, 6.07) is 12.8. The van der Waals surface area contributed by atoms with Crippen molar-refractivity contribution in [3.63, 3.8) is 0 Å². The Morgan fingerprint density at radius 2 is 1.84 bits per heavy atom. The molecular weight excluding hydrogens is 500 g/mol. The molecule has 4 N–H and O–H groups in total. The van der Waals surface area contributed by atoms with Gasteiger partial charge in [-0.15, -0.1) is 0 Å². The van der Waals surface area contributed by atoms with Crippen molar-refractivity contribution in [2.75, 3.05) is 13.2 Å². The first-order valence-electron chi connectivity index (χ1n) is 12.5. The normalized spacial score (nSPS) is 30.2. The number of carbonyl (C=O) groups is 1. The Labute approximate surface area is 221 Å². The fourth-order valence-corrected chi connectivity index (χ4v) is 5.61. The zero-order valence-corrected chi connectivity index (χ0v) is 22.2. The van der Waals surface area contributed by atoms with Crippen molar-refractivity contribution < 1.29 is 39.4 Å². The Balaban J connectivity index is 1.67. The number of aliphatic hydroxyl groups excluding tert-OH is 3. The molecule has 2 aliphatic rings. The second-order valence-electron chi connectivity index (χ2n) is 10.7. The van der Waals surface area contributed by atoms with Crippen LogP contribution in [0.15, 0.2) is 42.5 Å². The molecule has 2 aromatic carbocycles. The number of fused-ring (bicyclic) bond motifs is 2. The molecule has 0 saturated carbocycles. The molecule has 1 unspecified atom stereocenters. The van der Waals surface area contributed by atoms with Gasteiger partial charge in [0.25, 0.3) is 0 Å². The van der Waals surface area contributed by atoms with E-state index < -0.39 is 47.0 Å². The summed E-state index contributed by atoms with van der Waals surface area (Å²) in [5.41, 5.74) is -0.320. The van der Waals surface area contributed by atoms with Gasteiger partial charge in [-0.1, -0.05) is 36.7 Å². The number of carboxylic acids is 1. The van der Waals surface area contributed by atoms with Gasteiger partial charge in [0.05, 0.1) is 18.6 Å². The number of carboxylic acid groups (broad SMARTS) is 1. The highest BCUT2D eigenvalue weighted by Crippen LogP contribution is 2.54. The van der Waals surface area contributed by atoms with E-state index in [1.807, 2.05) is 31.2 Å². The highest BCUT2D eigenvalue weighted by molar-refractivity contribution is 6.31. The summed E-state index contributed by atoms with van der Waals surface area (Å²) >= 11 is 6.52. The maximum absolute atomic E-state index is 11.8. The molecule has 2 aliphatic heterocycles. The molecule has 6 atom stereocenters. The highest BCUT2D eigenvalue weighted by Gasteiger charge is 2.68. The Morgan fingerprint density at radius 1 is 1.16 bits per heavy atom. The summed E-state index contributed by atoms with van der Waals surface area (Å²) < 4.78 is 18.0. The van der Waals surface area contributed by atoms with Crippen LogP contribution in [-0.4, -0.2) is 63.5 Å². The van der Waals surface area contributed by atoms with Crippen molar-refractivity contribution in [1.29, 1.82) is 0 Å². The molecular formula is C28H35ClO8. The van der Waals surface area contributed by atoms with Crippen molar-refractivity contribution in [3.05, 3.63) is 64.2 Å². The SMILES string of the molecule is CCOc1ccc(Cc2cc([C@]34OC[C@@](C(C)CC(C)(C)C(=O)O)(O3)[C@@H](O)[C@H](O)[C@H]4O)ccc2Cl)cc1. The third-order valence-corrected chi connectivity index (χ3v) is 8.07. The van der Waals surface area contributed by atoms with Crippen LogP contribution in [0.4, 0.5) is 0 Å². The van der Waals surface area contributed by atoms with Crippen LogP contribution in [0.3, 0.4) is 0 Å². The smallest absolute Gasteiger partial charge is 0.309 e. The van der Waals surface area contributed by atoms with E-state index >= 15 is 0 Å². The lowest BCUT2D eigenvalue weighted by molar-refractivity contribution is -0.334. The van der Waals surface area contributed by atoms with E-state index in [1.54, 1.807) is 39.0 Å². The van der Waals surface area contributed by atoms with Crippen molar-refractivity contribution in [1.82, 2.24) is 0 Å². The second-order valence-corrected chi connectivity index (χ2v) is 11.2. The molecule has 0 aliphatic carbocycles. The molecule has 2 heterocycles. The number of rotatable bonds is 9. The van der Waals surface area contributed by atoms with Crippen molar-refractivity contribution in [2.45, 2.75) is 70.2 Å². The van der Waals surface area contributed by atoms with Gasteiger partial charge >= 0.3 is 5.97 Å². The van der Waals surface area contributed by atoms with Crippen LogP contribution in [0, 0.1) is 11.3 Å². The fraction of sp³-hybridized carbons (Fsp3) is 0.536. The van der Waals surface area contributed by atoms with Crippen LogP contribution in [-0.2, 0) is 26.5 Å². The number of hydrogen-bond donors (Lipinski definition) is 4. The van der Waals surface area contributed by atoms with E-state index in [0.717, 1.165) is 16.9 Å². The summed E-state index contributed by atoms with van der Waals surface area (Å²) in [7, 11) is 0. The van der Waals surface area contributed by atoms with Crippen LogP contribution in [0.25, 0.3) is 0 Å². The van der Waals surface area contributed by atoms with Crippen LogP contribution in [0.1, 0.15) is 50.8 Å². The van der Waals surface area contributed by atoms with E-state index in [1.165, 1.54) is 0 Å². The maximum Gasteiger partial charge on any atom is 0.309 e. The Bertz CT molecular complexity index is 1140. The second kappa shape index (κ2) is 10.2. The maximum atomic E-state index is 11.8. The molecule has 8 nitrogen and oxygen atoms in total. The van der Waals surface area contributed by atoms with Gasteiger partial charge < -0.3 is 34.6 Å². The number of halogens is 1. The van der Waals surface area contributed by atoms with Gasteiger partial charge in [-0.05, 0) is 74.9 Å². The molecule has 2 fully saturated rings. The third-order valence-electron chi connectivity index (χ3n) is 7.70. The van der Waals surface area contributed by atoms with E-state index in [0.29, 0.717) is 23.6 Å². The lowest BCUT2D eigenvalue weighted by atomic mass is 9.71. The predicted molar refractivity (Wildman–Crippen MR) is 137 cm³/mol. The van der Waals surface area contributed by atoms with Crippen LogP contribution in [0.5, 0.6) is 5.75 Å². The van der Waals surface area contributed by atoms with Gasteiger partial charge in [-0.3, -0.25) is 4.79 Å². The Hall–Kier alpha value is -2.20. The van der Waals surface area contributed by atoms with Crippen LogP contribution < -0.4 is 4.74 Å². The minimum Gasteiger partial charge on any atom is -0.494 e. The number of aliphatic hydroxyl groups is 3. The molecule has 9 heteroatoms. The van der Waals surface area contributed by atoms with Gasteiger partial charge in [0, 0.05) is 10.6 Å². The molecule has 0 radical (unpaired) electrons. The summed E-state index contributed by atoms with van der Waals surface area (Å²) in [4.78, 5) is 11.8. The van der Waals surface area contributed by atoms with E-state index in [-0.39, 0.29) is 13.0 Å². The average Bonchev–Trinajstić information content (AvgIpc) is 3.25. The van der Waals surface area contributed by atoms with Gasteiger partial charge in [0.15, 0.2) is 0 Å². The minimum absolute atomic E-state index is 0.129. The summed E-state index contributed by atoms with van der Waals surface area (Å²) in [5, 5.41) is 43.1. The predicted octanol–water partition coefficient (Wildman–Crippen LogP) is 3.50. The quantitative estimate of drug-likeness (QED) is 0.385. The summed E-state index contributed by atoms with van der Waals surface area (Å²) in [5.74, 6) is -2.48. The molecule has 2 aromatic rings. The molecule has 0 aromatic heterocycles. The molecule has 2 saturated heterocycles. The van der Waals surface area contributed by atoms with Crippen molar-refractivity contribution >= 4 is 17.6 Å². The molecule has 37 heavy (non-hydrogen) atoms. The lowest BCUT2D eigenvalue weighted by Crippen LogP contribution is -2.66. The molecule has 0 amide bonds. The number of hydrogen-bond acceptors (Lipinski definition) is 7. The number of ether oxygens (including phenoxy) is 3. The van der Waals surface area contributed by atoms with Gasteiger partial charge in [0.1, 0.15) is 29.7 Å². The standard InChI is InChI=1S/C28H35ClO8/c1-5-35-20-9-6-17(7-10-20)12-18-13-19(8-11-21(18)29)28-24(32)22(30)23(31)27(37-28,15-36-28)16(2)14-26(3,4)25(33)34/h6-11,13,16,22-24,30-32H,5,12,14-15H2,1-4H3,(H,33,34)/t16?,22-,23-,24+,27-,28-/m0/s1. The Kier molecular flexibility index (Phi) is 7.65. The minimum atomic E-state index is -1.75. The van der Waals surface area contributed by atoms with Gasteiger partial charge in [-0.2, -0.15) is 0 Å². The zero-order chi connectivity index (χ0) is 27.2. The summed E-state index contributed by atoms with van der Waals surface area (Å²) in [6.07, 6.45) is -3.99. The van der Waals surface area contributed by atoms with Crippen LogP contribution in [0.2, 0.25) is 5.02 Å². The first-order chi connectivity index (χ1) is 17.4. The van der Waals surface area contributed by atoms with E-state index in [9.17, 15) is 25.2 Å². The molecule has 0 spiro atoms. The monoisotopic (exact) mass is 534 g/mol. The molecule has 4 rings (SSSR count). The first kappa shape index (κ1) is 27.8. The van der Waals surface area contributed by atoms with E-state index in [4.69, 9.17) is 25.8 Å². The number of benzene rings is 2. The zero-order valence-electron chi connectivity index (χ0n) is 21.5. The third kappa shape index (κ3) is 4.87. The Morgan fingerprint density at radius 3 is 2.46 bits per heavy atom. The summed E-state index contributed by atoms with van der Waals surface area (Å²) in [6.45, 7) is 7.32. The first-order valence-corrected chi connectivity index (χ1v) is 12.9.